The monoisotopic (exact) mass is 448 g/mol. The first kappa shape index (κ1) is 24.0. The SMILES string of the molecule is CCCN(CCC)C(=O)C1=Cc2ccc(-c3cccc(C(=O)NC)c3)cc2NC(N=NN)C1. The van der Waals surface area contributed by atoms with E-state index in [1.807, 2.05) is 47.4 Å². The van der Waals surface area contributed by atoms with Gasteiger partial charge in [0.1, 0.15) is 6.17 Å². The van der Waals surface area contributed by atoms with E-state index in [1.165, 1.54) is 0 Å². The number of hydrogen-bond acceptors (Lipinski definition) is 5. The average Bonchev–Trinajstić information content (AvgIpc) is 3.01. The maximum Gasteiger partial charge on any atom is 0.251 e. The second-order valence-electron chi connectivity index (χ2n) is 8.02. The summed E-state index contributed by atoms with van der Waals surface area (Å²) in [5.74, 6) is 5.24. The highest BCUT2D eigenvalue weighted by atomic mass is 16.2. The summed E-state index contributed by atoms with van der Waals surface area (Å²) in [6.07, 6.45) is 3.67. The number of amides is 2. The van der Waals surface area contributed by atoms with Crippen LogP contribution in [0.4, 0.5) is 5.69 Å². The van der Waals surface area contributed by atoms with Crippen LogP contribution in [0.1, 0.15) is 49.0 Å². The number of rotatable bonds is 8. The minimum Gasteiger partial charge on any atom is -0.361 e. The highest BCUT2D eigenvalue weighted by Gasteiger charge is 2.24. The average molecular weight is 449 g/mol. The van der Waals surface area contributed by atoms with Crippen LogP contribution in [0.3, 0.4) is 0 Å². The summed E-state index contributed by atoms with van der Waals surface area (Å²) in [4.78, 5) is 27.2. The van der Waals surface area contributed by atoms with Gasteiger partial charge in [-0.2, -0.15) is 0 Å². The van der Waals surface area contributed by atoms with Crippen molar-refractivity contribution in [2.24, 2.45) is 16.2 Å². The number of hydrogen-bond donors (Lipinski definition) is 3. The van der Waals surface area contributed by atoms with Crippen molar-refractivity contribution in [1.82, 2.24) is 10.2 Å². The van der Waals surface area contributed by atoms with E-state index < -0.39 is 6.17 Å². The van der Waals surface area contributed by atoms with E-state index in [2.05, 4.69) is 34.8 Å². The van der Waals surface area contributed by atoms with Crippen molar-refractivity contribution in [3.8, 4) is 11.1 Å². The Morgan fingerprint density at radius 1 is 1.12 bits per heavy atom. The van der Waals surface area contributed by atoms with Crippen LogP contribution in [-0.2, 0) is 4.79 Å². The lowest BCUT2D eigenvalue weighted by Gasteiger charge is -2.23. The quantitative estimate of drug-likeness (QED) is 0.319. The first-order chi connectivity index (χ1) is 16.0. The Balaban J connectivity index is 2.00. The van der Waals surface area contributed by atoms with Gasteiger partial charge in [-0.3, -0.25) is 9.59 Å². The molecule has 174 valence electrons. The molecule has 0 spiro atoms. The van der Waals surface area contributed by atoms with Gasteiger partial charge in [0.15, 0.2) is 0 Å². The highest BCUT2D eigenvalue weighted by molar-refractivity contribution is 5.99. The van der Waals surface area contributed by atoms with E-state index in [0.29, 0.717) is 30.6 Å². The van der Waals surface area contributed by atoms with E-state index in [9.17, 15) is 9.59 Å². The molecule has 1 unspecified atom stereocenters. The van der Waals surface area contributed by atoms with E-state index in [1.54, 1.807) is 13.1 Å². The smallest absolute Gasteiger partial charge is 0.251 e. The molecule has 33 heavy (non-hydrogen) atoms. The van der Waals surface area contributed by atoms with Crippen LogP contribution in [-0.4, -0.2) is 43.0 Å². The van der Waals surface area contributed by atoms with Gasteiger partial charge < -0.3 is 21.4 Å². The molecule has 0 fully saturated rings. The van der Waals surface area contributed by atoms with Gasteiger partial charge >= 0.3 is 0 Å². The van der Waals surface area contributed by atoms with Crippen LogP contribution >= 0.6 is 0 Å². The molecule has 8 nitrogen and oxygen atoms in total. The topological polar surface area (TPSA) is 112 Å². The lowest BCUT2D eigenvalue weighted by atomic mass is 9.99. The Kier molecular flexibility index (Phi) is 8.18. The molecule has 1 heterocycles. The fourth-order valence-electron chi connectivity index (χ4n) is 4.01. The number of fused-ring (bicyclic) bond motifs is 1. The zero-order chi connectivity index (χ0) is 23.8. The van der Waals surface area contributed by atoms with Gasteiger partial charge in [0.25, 0.3) is 5.91 Å². The van der Waals surface area contributed by atoms with Crippen molar-refractivity contribution in [1.29, 1.82) is 0 Å². The molecule has 0 bridgehead atoms. The van der Waals surface area contributed by atoms with Gasteiger partial charge in [-0.15, -0.1) is 5.11 Å². The summed E-state index contributed by atoms with van der Waals surface area (Å²) >= 11 is 0. The summed E-state index contributed by atoms with van der Waals surface area (Å²) in [5, 5.41) is 13.6. The Hall–Kier alpha value is -3.68. The standard InChI is InChI=1S/C25H32N6O2/c1-4-11-31(12-5-2)25(33)21-14-19-10-9-18(15-22(19)28-23(16-21)29-30-26)17-7-6-8-20(13-17)24(32)27-3/h6-10,13-15,23,28H,4-5,11-12,16H2,1-3H3,(H2,26,29)(H,27,32). The molecule has 2 amide bonds. The molecule has 2 aromatic rings. The lowest BCUT2D eigenvalue weighted by Crippen LogP contribution is -2.34. The molecule has 2 aromatic carbocycles. The zero-order valence-corrected chi connectivity index (χ0v) is 19.5. The Bertz CT molecular complexity index is 1060. The fraction of sp³-hybridized carbons (Fsp3) is 0.360. The Morgan fingerprint density at radius 2 is 1.85 bits per heavy atom. The molecule has 1 aliphatic rings. The predicted octanol–water partition coefficient (Wildman–Crippen LogP) is 4.21. The number of benzene rings is 2. The molecule has 0 saturated heterocycles. The van der Waals surface area contributed by atoms with Crippen molar-refractivity contribution in [2.45, 2.75) is 39.3 Å². The van der Waals surface area contributed by atoms with Crippen LogP contribution in [0, 0.1) is 0 Å². The number of nitrogens with zero attached hydrogens (tertiary/aromatic N) is 3. The third-order valence-corrected chi connectivity index (χ3v) is 5.56. The first-order valence-electron chi connectivity index (χ1n) is 11.3. The van der Waals surface area contributed by atoms with E-state index in [0.717, 1.165) is 35.2 Å². The second-order valence-corrected chi connectivity index (χ2v) is 8.02. The van der Waals surface area contributed by atoms with Gasteiger partial charge in [0, 0.05) is 43.4 Å². The molecular formula is C25H32N6O2. The normalized spacial score (nSPS) is 15.2. The largest absolute Gasteiger partial charge is 0.361 e. The van der Waals surface area contributed by atoms with Gasteiger partial charge in [0.2, 0.25) is 5.91 Å². The summed E-state index contributed by atoms with van der Waals surface area (Å²) in [5.41, 5.74) is 4.85. The number of carbonyl (C=O) groups excluding carboxylic acids is 2. The predicted molar refractivity (Wildman–Crippen MR) is 131 cm³/mol. The van der Waals surface area contributed by atoms with Gasteiger partial charge in [-0.25, -0.2) is 0 Å². The molecule has 8 heteroatoms. The van der Waals surface area contributed by atoms with Gasteiger partial charge in [0.05, 0.1) is 0 Å². The summed E-state index contributed by atoms with van der Waals surface area (Å²) in [6.45, 7) is 5.57. The van der Waals surface area contributed by atoms with Crippen LogP contribution in [0.15, 0.2) is 58.4 Å². The maximum absolute atomic E-state index is 13.3. The van der Waals surface area contributed by atoms with Crippen molar-refractivity contribution in [3.63, 3.8) is 0 Å². The third-order valence-electron chi connectivity index (χ3n) is 5.56. The van der Waals surface area contributed by atoms with E-state index >= 15 is 0 Å². The molecule has 0 radical (unpaired) electrons. The number of anilines is 1. The lowest BCUT2D eigenvalue weighted by molar-refractivity contribution is -0.127. The molecule has 0 saturated carbocycles. The molecule has 4 N–H and O–H groups in total. The molecule has 1 aliphatic heterocycles. The summed E-state index contributed by atoms with van der Waals surface area (Å²) < 4.78 is 0. The van der Waals surface area contributed by atoms with Crippen molar-refractivity contribution >= 4 is 23.6 Å². The maximum atomic E-state index is 13.3. The summed E-state index contributed by atoms with van der Waals surface area (Å²) in [7, 11) is 1.61. The molecule has 1 atom stereocenters. The molecule has 0 aliphatic carbocycles. The fourth-order valence-corrected chi connectivity index (χ4v) is 4.01. The second kappa shape index (κ2) is 11.3. The summed E-state index contributed by atoms with van der Waals surface area (Å²) in [6, 6.07) is 13.4. The van der Waals surface area contributed by atoms with Crippen molar-refractivity contribution < 1.29 is 9.59 Å². The van der Waals surface area contributed by atoms with Crippen molar-refractivity contribution in [3.05, 3.63) is 59.2 Å². The number of nitrogens with two attached hydrogens (primary N) is 1. The van der Waals surface area contributed by atoms with Crippen molar-refractivity contribution in [2.75, 3.05) is 25.5 Å². The minimum atomic E-state index is -0.455. The van der Waals surface area contributed by atoms with Gasteiger partial charge in [-0.1, -0.05) is 43.3 Å². The molecule has 3 rings (SSSR count). The first-order valence-corrected chi connectivity index (χ1v) is 11.3. The minimum absolute atomic E-state index is 0.0212. The Morgan fingerprint density at radius 3 is 2.52 bits per heavy atom. The van der Waals surface area contributed by atoms with E-state index in [-0.39, 0.29) is 11.8 Å². The van der Waals surface area contributed by atoms with Gasteiger partial charge in [-0.05, 0) is 53.8 Å². The number of carbonyl (C=O) groups is 2. The Labute approximate surface area is 194 Å². The number of nitrogens with one attached hydrogen (secondary N) is 2. The van der Waals surface area contributed by atoms with Crippen LogP contribution in [0.25, 0.3) is 17.2 Å². The van der Waals surface area contributed by atoms with E-state index in [4.69, 9.17) is 5.84 Å². The molecular weight excluding hydrogens is 416 g/mol. The highest BCUT2D eigenvalue weighted by Crippen LogP contribution is 2.32. The van der Waals surface area contributed by atoms with Crippen LogP contribution in [0.2, 0.25) is 0 Å². The zero-order valence-electron chi connectivity index (χ0n) is 19.5. The van der Waals surface area contributed by atoms with Crippen LogP contribution in [0.5, 0.6) is 0 Å². The van der Waals surface area contributed by atoms with Crippen LogP contribution < -0.4 is 16.5 Å². The third kappa shape index (κ3) is 5.77. The molecule has 0 aromatic heterocycles.